The van der Waals surface area contributed by atoms with Crippen molar-refractivity contribution in [1.82, 2.24) is 0 Å². The minimum atomic E-state index is -4.20. The summed E-state index contributed by atoms with van der Waals surface area (Å²) in [5, 5.41) is 0. The molecule has 0 aliphatic heterocycles. The van der Waals surface area contributed by atoms with Crippen molar-refractivity contribution in [1.29, 1.82) is 0 Å². The highest BCUT2D eigenvalue weighted by molar-refractivity contribution is 4.74. The second-order valence-electron chi connectivity index (χ2n) is 2.34. The highest BCUT2D eigenvalue weighted by atomic mass is 19.4. The summed E-state index contributed by atoms with van der Waals surface area (Å²) in [6, 6.07) is -1.60. The molecule has 0 aliphatic carbocycles. The lowest BCUT2D eigenvalue weighted by molar-refractivity contribution is -0.138. The summed E-state index contributed by atoms with van der Waals surface area (Å²) in [6.07, 6.45) is -5.21. The van der Waals surface area contributed by atoms with Crippen LogP contribution in [0.1, 0.15) is 13.3 Å². The Kier molecular flexibility index (Phi) is 3.11. The highest BCUT2D eigenvalue weighted by Gasteiger charge is 2.31. The van der Waals surface area contributed by atoms with E-state index in [4.69, 9.17) is 11.5 Å². The highest BCUT2D eigenvalue weighted by Crippen LogP contribution is 2.21. The van der Waals surface area contributed by atoms with Crippen LogP contribution in [0.2, 0.25) is 0 Å². The van der Waals surface area contributed by atoms with E-state index in [2.05, 4.69) is 0 Å². The molecule has 0 aromatic heterocycles. The molecular weight excluding hydrogens is 145 g/mol. The monoisotopic (exact) mass is 156 g/mol. The van der Waals surface area contributed by atoms with Crippen LogP contribution in [0.15, 0.2) is 0 Å². The molecule has 0 saturated heterocycles. The molecule has 0 aromatic carbocycles. The van der Waals surface area contributed by atoms with Gasteiger partial charge in [0.25, 0.3) is 0 Å². The zero-order valence-electron chi connectivity index (χ0n) is 5.65. The molecule has 2 nitrogen and oxygen atoms in total. The van der Waals surface area contributed by atoms with Gasteiger partial charge in [-0.1, -0.05) is 0 Å². The first-order chi connectivity index (χ1) is 4.33. The van der Waals surface area contributed by atoms with Crippen LogP contribution in [0, 0.1) is 0 Å². The van der Waals surface area contributed by atoms with Crippen LogP contribution in [-0.2, 0) is 0 Å². The third-order valence-corrected chi connectivity index (χ3v) is 1.14. The number of halogens is 3. The second-order valence-corrected chi connectivity index (χ2v) is 2.34. The molecule has 0 amide bonds. The summed E-state index contributed by atoms with van der Waals surface area (Å²) in [6.45, 7) is 1.45. The zero-order chi connectivity index (χ0) is 8.36. The fourth-order valence-corrected chi connectivity index (χ4v) is 0.453. The smallest absolute Gasteiger partial charge is 0.327 e. The fraction of sp³-hybridized carbons (Fsp3) is 1.00. The Morgan fingerprint density at radius 2 is 1.70 bits per heavy atom. The van der Waals surface area contributed by atoms with Gasteiger partial charge in [0.05, 0.1) is 6.42 Å². The van der Waals surface area contributed by atoms with Gasteiger partial charge in [-0.3, -0.25) is 0 Å². The lowest BCUT2D eigenvalue weighted by atomic mass is 10.1. The Hall–Kier alpha value is -0.290. The SMILES string of the molecule is CC(N)C(N)CC(F)(F)F. The average molecular weight is 156 g/mol. The van der Waals surface area contributed by atoms with E-state index >= 15 is 0 Å². The van der Waals surface area contributed by atoms with Crippen molar-refractivity contribution >= 4 is 0 Å². The van der Waals surface area contributed by atoms with Crippen LogP contribution in [0.25, 0.3) is 0 Å². The summed E-state index contributed by atoms with van der Waals surface area (Å²) < 4.78 is 34.6. The van der Waals surface area contributed by atoms with Gasteiger partial charge in [-0.05, 0) is 6.92 Å². The standard InChI is InChI=1S/C5H11F3N2/c1-3(9)4(10)2-5(6,7)8/h3-4H,2,9-10H2,1H3. The fourth-order valence-electron chi connectivity index (χ4n) is 0.453. The van der Waals surface area contributed by atoms with Crippen LogP contribution < -0.4 is 11.5 Å². The van der Waals surface area contributed by atoms with Crippen molar-refractivity contribution in [3.63, 3.8) is 0 Å². The molecule has 0 aliphatic rings. The molecule has 2 atom stereocenters. The van der Waals surface area contributed by atoms with Gasteiger partial charge in [0.15, 0.2) is 0 Å². The Morgan fingerprint density at radius 1 is 1.30 bits per heavy atom. The molecule has 0 heterocycles. The van der Waals surface area contributed by atoms with Crippen LogP contribution in [0.5, 0.6) is 0 Å². The first-order valence-electron chi connectivity index (χ1n) is 2.91. The molecule has 0 aromatic rings. The van der Waals surface area contributed by atoms with E-state index in [0.717, 1.165) is 0 Å². The molecule has 2 unspecified atom stereocenters. The quantitative estimate of drug-likeness (QED) is 0.615. The summed E-state index contributed by atoms with van der Waals surface area (Å²) in [7, 11) is 0. The van der Waals surface area contributed by atoms with E-state index in [9.17, 15) is 13.2 Å². The van der Waals surface area contributed by atoms with Gasteiger partial charge in [0, 0.05) is 12.1 Å². The maximum absolute atomic E-state index is 11.5. The molecule has 4 N–H and O–H groups in total. The summed E-state index contributed by atoms with van der Waals surface area (Å²) in [4.78, 5) is 0. The van der Waals surface area contributed by atoms with E-state index < -0.39 is 24.7 Å². The Balaban J connectivity index is 3.68. The lowest BCUT2D eigenvalue weighted by Crippen LogP contribution is -2.42. The number of alkyl halides is 3. The molecule has 0 fully saturated rings. The van der Waals surface area contributed by atoms with Crippen LogP contribution in [0.4, 0.5) is 13.2 Å². The van der Waals surface area contributed by atoms with E-state index in [-0.39, 0.29) is 0 Å². The third kappa shape index (κ3) is 4.58. The zero-order valence-corrected chi connectivity index (χ0v) is 5.65. The Labute approximate surface area is 57.4 Å². The van der Waals surface area contributed by atoms with Gasteiger partial charge in [0.2, 0.25) is 0 Å². The van der Waals surface area contributed by atoms with Gasteiger partial charge in [-0.25, -0.2) is 0 Å². The van der Waals surface area contributed by atoms with Crippen LogP contribution in [-0.4, -0.2) is 18.3 Å². The van der Waals surface area contributed by atoms with Crippen molar-refractivity contribution in [3.8, 4) is 0 Å². The van der Waals surface area contributed by atoms with Crippen LogP contribution in [0.3, 0.4) is 0 Å². The van der Waals surface area contributed by atoms with Crippen molar-refractivity contribution in [2.75, 3.05) is 0 Å². The van der Waals surface area contributed by atoms with E-state index in [0.29, 0.717) is 0 Å². The van der Waals surface area contributed by atoms with Gasteiger partial charge >= 0.3 is 6.18 Å². The van der Waals surface area contributed by atoms with Crippen molar-refractivity contribution in [2.45, 2.75) is 31.6 Å². The molecular formula is C5H11F3N2. The maximum atomic E-state index is 11.5. The summed E-state index contributed by atoms with van der Waals surface area (Å²) >= 11 is 0. The second kappa shape index (κ2) is 3.21. The van der Waals surface area contributed by atoms with Crippen molar-refractivity contribution < 1.29 is 13.2 Å². The average Bonchev–Trinajstić information content (AvgIpc) is 1.60. The predicted molar refractivity (Wildman–Crippen MR) is 32.3 cm³/mol. The maximum Gasteiger partial charge on any atom is 0.390 e. The molecule has 0 saturated carbocycles. The summed E-state index contributed by atoms with van der Waals surface area (Å²) in [5.74, 6) is 0. The number of rotatable bonds is 2. The molecule has 0 radical (unpaired) electrons. The largest absolute Gasteiger partial charge is 0.390 e. The van der Waals surface area contributed by atoms with E-state index in [1.165, 1.54) is 6.92 Å². The number of hydrogen-bond acceptors (Lipinski definition) is 2. The summed E-state index contributed by atoms with van der Waals surface area (Å²) in [5.41, 5.74) is 10.2. The molecule has 10 heavy (non-hydrogen) atoms. The first-order valence-corrected chi connectivity index (χ1v) is 2.91. The van der Waals surface area contributed by atoms with Gasteiger partial charge in [-0.15, -0.1) is 0 Å². The lowest BCUT2D eigenvalue weighted by Gasteiger charge is -2.16. The van der Waals surface area contributed by atoms with E-state index in [1.807, 2.05) is 0 Å². The van der Waals surface area contributed by atoms with Gasteiger partial charge in [-0.2, -0.15) is 13.2 Å². The minimum absolute atomic E-state index is 0.610. The Bertz CT molecular complexity index is 99.6. The Morgan fingerprint density at radius 3 is 1.80 bits per heavy atom. The molecule has 0 spiro atoms. The van der Waals surface area contributed by atoms with E-state index in [1.54, 1.807) is 0 Å². The molecule has 0 rings (SSSR count). The van der Waals surface area contributed by atoms with Crippen LogP contribution >= 0.6 is 0 Å². The predicted octanol–water partition coefficient (Wildman–Crippen LogP) is 0.613. The molecule has 0 bridgehead atoms. The third-order valence-electron chi connectivity index (χ3n) is 1.14. The van der Waals surface area contributed by atoms with Gasteiger partial charge < -0.3 is 11.5 Å². The number of nitrogens with two attached hydrogens (primary N) is 2. The van der Waals surface area contributed by atoms with Gasteiger partial charge in [0.1, 0.15) is 0 Å². The molecule has 5 heteroatoms. The topological polar surface area (TPSA) is 52.0 Å². The van der Waals surface area contributed by atoms with Crippen molar-refractivity contribution in [2.24, 2.45) is 11.5 Å². The minimum Gasteiger partial charge on any atom is -0.327 e. The van der Waals surface area contributed by atoms with Crippen molar-refractivity contribution in [3.05, 3.63) is 0 Å². The normalized spacial score (nSPS) is 18.6. The first kappa shape index (κ1) is 9.71. The molecule has 62 valence electrons. The number of hydrogen-bond donors (Lipinski definition) is 2.